The van der Waals surface area contributed by atoms with E-state index >= 15 is 0 Å². The first-order valence-electron chi connectivity index (χ1n) is 6.10. The number of carboxylic acid groups (broad SMARTS) is 1. The van der Waals surface area contributed by atoms with Gasteiger partial charge in [0.25, 0.3) is 0 Å². The Kier molecular flexibility index (Phi) is 3.85. The second-order valence-corrected chi connectivity index (χ2v) is 4.46. The summed E-state index contributed by atoms with van der Waals surface area (Å²) < 4.78 is 5.67. The minimum atomic E-state index is -0.988. The minimum absolute atomic E-state index is 0.596. The van der Waals surface area contributed by atoms with Crippen LogP contribution in [-0.2, 0) is 4.79 Å². The van der Waals surface area contributed by atoms with Crippen LogP contribution in [0.2, 0.25) is 0 Å². The molecule has 19 heavy (non-hydrogen) atoms. The number of rotatable bonds is 4. The molecule has 1 N–H and O–H groups in total. The molecule has 0 saturated heterocycles. The Morgan fingerprint density at radius 3 is 2.16 bits per heavy atom. The molecule has 2 aromatic rings. The largest absolute Gasteiger partial charge is 0.478 e. The van der Waals surface area contributed by atoms with E-state index in [0.717, 1.165) is 11.1 Å². The average Bonchev–Trinajstić information content (AvgIpc) is 2.38. The molecule has 0 radical (unpaired) electrons. The minimum Gasteiger partial charge on any atom is -0.478 e. The maximum Gasteiger partial charge on any atom is 0.349 e. The highest BCUT2D eigenvalue weighted by atomic mass is 16.5. The molecule has 0 bridgehead atoms. The van der Waals surface area contributed by atoms with Crippen molar-refractivity contribution in [3.8, 4) is 5.75 Å². The topological polar surface area (TPSA) is 46.5 Å². The van der Waals surface area contributed by atoms with Crippen molar-refractivity contribution >= 4 is 5.97 Å². The Labute approximate surface area is 112 Å². The van der Waals surface area contributed by atoms with Crippen molar-refractivity contribution in [2.75, 3.05) is 0 Å². The highest BCUT2D eigenvalue weighted by Crippen LogP contribution is 2.26. The molecule has 0 amide bonds. The van der Waals surface area contributed by atoms with Crippen molar-refractivity contribution in [1.29, 1.82) is 0 Å². The predicted molar refractivity (Wildman–Crippen MR) is 73.4 cm³/mol. The van der Waals surface area contributed by atoms with E-state index in [-0.39, 0.29) is 0 Å². The second-order valence-electron chi connectivity index (χ2n) is 4.46. The molecule has 3 nitrogen and oxygen atoms in total. The third kappa shape index (κ3) is 2.94. The lowest BCUT2D eigenvalue weighted by Crippen LogP contribution is -2.19. The average molecular weight is 256 g/mol. The maximum absolute atomic E-state index is 11.4. The summed E-state index contributed by atoms with van der Waals surface area (Å²) in [5.41, 5.74) is 2.50. The summed E-state index contributed by atoms with van der Waals surface area (Å²) in [6.07, 6.45) is -0.984. The normalized spacial score (nSPS) is 11.9. The highest BCUT2D eigenvalue weighted by molar-refractivity contribution is 5.75. The zero-order valence-corrected chi connectivity index (χ0v) is 11.0. The Morgan fingerprint density at radius 1 is 1.00 bits per heavy atom. The molecule has 2 rings (SSSR count). The van der Waals surface area contributed by atoms with Gasteiger partial charge in [-0.15, -0.1) is 0 Å². The van der Waals surface area contributed by atoms with E-state index < -0.39 is 12.1 Å². The smallest absolute Gasteiger partial charge is 0.349 e. The fourth-order valence-electron chi connectivity index (χ4n) is 1.94. The summed E-state index contributed by atoms with van der Waals surface area (Å²) in [5, 5.41) is 9.38. The molecule has 1 unspecified atom stereocenters. The number of ether oxygens (including phenoxy) is 1. The van der Waals surface area contributed by atoms with Crippen LogP contribution < -0.4 is 4.74 Å². The van der Waals surface area contributed by atoms with Gasteiger partial charge >= 0.3 is 5.97 Å². The molecular weight excluding hydrogens is 240 g/mol. The molecule has 0 aromatic heterocycles. The lowest BCUT2D eigenvalue weighted by Gasteiger charge is -2.18. The lowest BCUT2D eigenvalue weighted by molar-refractivity contribution is -0.145. The number of hydrogen-bond donors (Lipinski definition) is 1. The summed E-state index contributed by atoms with van der Waals surface area (Å²) in [7, 11) is 0. The molecule has 0 aliphatic rings. The van der Waals surface area contributed by atoms with E-state index in [9.17, 15) is 9.90 Å². The van der Waals surface area contributed by atoms with Crippen molar-refractivity contribution in [3.63, 3.8) is 0 Å². The standard InChI is InChI=1S/C16H16O3/c1-11-7-3-5-9-13(11)15(16(17)18)19-14-10-6-4-8-12(14)2/h3-10,15H,1-2H3,(H,17,18). The number of carboxylic acids is 1. The summed E-state index contributed by atoms with van der Waals surface area (Å²) >= 11 is 0. The van der Waals surface area contributed by atoms with Crippen LogP contribution in [0.1, 0.15) is 22.8 Å². The van der Waals surface area contributed by atoms with Gasteiger partial charge in [-0.2, -0.15) is 0 Å². The van der Waals surface area contributed by atoms with Crippen LogP contribution in [0, 0.1) is 13.8 Å². The number of carbonyl (C=O) groups is 1. The highest BCUT2D eigenvalue weighted by Gasteiger charge is 2.23. The van der Waals surface area contributed by atoms with E-state index in [0.29, 0.717) is 11.3 Å². The molecule has 0 heterocycles. The molecule has 1 atom stereocenters. The summed E-state index contributed by atoms with van der Waals surface area (Å²) in [4.78, 5) is 11.4. The molecule has 3 heteroatoms. The van der Waals surface area contributed by atoms with Crippen LogP contribution in [0.15, 0.2) is 48.5 Å². The quantitative estimate of drug-likeness (QED) is 0.910. The monoisotopic (exact) mass is 256 g/mol. The van der Waals surface area contributed by atoms with Gasteiger partial charge in [-0.3, -0.25) is 0 Å². The lowest BCUT2D eigenvalue weighted by atomic mass is 10.0. The van der Waals surface area contributed by atoms with Gasteiger partial charge in [0.15, 0.2) is 0 Å². The SMILES string of the molecule is Cc1ccccc1OC(C(=O)O)c1ccccc1C. The van der Waals surface area contributed by atoms with Crippen LogP contribution in [0.25, 0.3) is 0 Å². The third-order valence-electron chi connectivity index (χ3n) is 3.03. The Morgan fingerprint density at radius 2 is 1.58 bits per heavy atom. The summed E-state index contributed by atoms with van der Waals surface area (Å²) in [5.74, 6) is -0.393. The van der Waals surface area contributed by atoms with Crippen LogP contribution >= 0.6 is 0 Å². The van der Waals surface area contributed by atoms with E-state index in [1.807, 2.05) is 50.2 Å². The van der Waals surface area contributed by atoms with Gasteiger partial charge in [-0.25, -0.2) is 4.79 Å². The fraction of sp³-hybridized carbons (Fsp3) is 0.188. The number of aliphatic carboxylic acids is 1. The van der Waals surface area contributed by atoms with Gasteiger partial charge in [0.2, 0.25) is 6.10 Å². The van der Waals surface area contributed by atoms with Crippen molar-refractivity contribution < 1.29 is 14.6 Å². The van der Waals surface area contributed by atoms with Gasteiger partial charge in [0, 0.05) is 5.56 Å². The van der Waals surface area contributed by atoms with E-state index in [2.05, 4.69) is 0 Å². The van der Waals surface area contributed by atoms with Crippen molar-refractivity contribution in [2.45, 2.75) is 20.0 Å². The Bertz CT molecular complexity index is 590. The van der Waals surface area contributed by atoms with Gasteiger partial charge in [0.1, 0.15) is 5.75 Å². The van der Waals surface area contributed by atoms with Gasteiger partial charge < -0.3 is 9.84 Å². The number of benzene rings is 2. The maximum atomic E-state index is 11.4. The van der Waals surface area contributed by atoms with Crippen LogP contribution in [-0.4, -0.2) is 11.1 Å². The van der Waals surface area contributed by atoms with Crippen molar-refractivity contribution in [1.82, 2.24) is 0 Å². The fourth-order valence-corrected chi connectivity index (χ4v) is 1.94. The molecule has 0 aliphatic carbocycles. The van der Waals surface area contributed by atoms with Gasteiger partial charge in [-0.05, 0) is 31.0 Å². The van der Waals surface area contributed by atoms with E-state index in [1.165, 1.54) is 0 Å². The number of aryl methyl sites for hydroxylation is 2. The third-order valence-corrected chi connectivity index (χ3v) is 3.03. The second kappa shape index (κ2) is 5.57. The first-order chi connectivity index (χ1) is 9.09. The van der Waals surface area contributed by atoms with E-state index in [1.54, 1.807) is 12.1 Å². The molecule has 0 aliphatic heterocycles. The van der Waals surface area contributed by atoms with Gasteiger partial charge in [0.05, 0.1) is 0 Å². The first-order valence-corrected chi connectivity index (χ1v) is 6.10. The van der Waals surface area contributed by atoms with Crippen molar-refractivity contribution in [2.24, 2.45) is 0 Å². The molecule has 0 spiro atoms. The molecular formula is C16H16O3. The molecule has 98 valence electrons. The van der Waals surface area contributed by atoms with Gasteiger partial charge in [-0.1, -0.05) is 42.5 Å². The summed E-state index contributed by atoms with van der Waals surface area (Å²) in [6, 6.07) is 14.8. The molecule has 0 saturated carbocycles. The number of hydrogen-bond acceptors (Lipinski definition) is 2. The molecule has 0 fully saturated rings. The predicted octanol–water partition coefficient (Wildman–Crippen LogP) is 3.51. The van der Waals surface area contributed by atoms with E-state index in [4.69, 9.17) is 4.74 Å². The Balaban J connectivity index is 2.35. The molecule has 2 aromatic carbocycles. The van der Waals surface area contributed by atoms with Crippen LogP contribution in [0.5, 0.6) is 5.75 Å². The van der Waals surface area contributed by atoms with Crippen LogP contribution in [0.3, 0.4) is 0 Å². The number of para-hydroxylation sites is 1. The summed E-state index contributed by atoms with van der Waals surface area (Å²) in [6.45, 7) is 3.78. The van der Waals surface area contributed by atoms with Crippen molar-refractivity contribution in [3.05, 3.63) is 65.2 Å². The zero-order chi connectivity index (χ0) is 13.8. The Hall–Kier alpha value is -2.29. The van der Waals surface area contributed by atoms with Crippen LogP contribution in [0.4, 0.5) is 0 Å². The first kappa shape index (κ1) is 13.1. The zero-order valence-electron chi connectivity index (χ0n) is 11.0.